The van der Waals surface area contributed by atoms with Gasteiger partial charge in [0.05, 0.1) is 22.3 Å². The van der Waals surface area contributed by atoms with Crippen LogP contribution in [0, 0.1) is 0 Å². The van der Waals surface area contributed by atoms with E-state index in [0.29, 0.717) is 5.02 Å². The van der Waals surface area contributed by atoms with Crippen molar-refractivity contribution in [1.29, 1.82) is 0 Å². The summed E-state index contributed by atoms with van der Waals surface area (Å²) in [6.45, 7) is 11.3. The Morgan fingerprint density at radius 2 is 1.96 bits per heavy atom. The van der Waals surface area contributed by atoms with Crippen LogP contribution in [0.15, 0.2) is 36.9 Å². The standard InChI is InChI=1S/C17H24ClNO3S/c1-6-14(12-8-10-13(18)11-9-12)15(16(20)22-7-2)19-23(21)17(3,4)5/h6,8-11,14-15,19H,1,7H2,2-5H3/t14-,15-,23?/m1/s1. The molecule has 0 aromatic heterocycles. The van der Waals surface area contributed by atoms with Crippen molar-refractivity contribution in [2.75, 3.05) is 6.61 Å². The molecule has 0 radical (unpaired) electrons. The molecule has 4 nitrogen and oxygen atoms in total. The lowest BCUT2D eigenvalue weighted by molar-refractivity contribution is -0.145. The van der Waals surface area contributed by atoms with Crippen LogP contribution in [0.25, 0.3) is 0 Å². The van der Waals surface area contributed by atoms with Crippen LogP contribution in [0.2, 0.25) is 5.02 Å². The van der Waals surface area contributed by atoms with Crippen molar-refractivity contribution in [1.82, 2.24) is 4.72 Å². The van der Waals surface area contributed by atoms with E-state index in [-0.39, 0.29) is 12.5 Å². The smallest absolute Gasteiger partial charge is 0.325 e. The van der Waals surface area contributed by atoms with Gasteiger partial charge < -0.3 is 4.74 Å². The third kappa shape index (κ3) is 5.75. The van der Waals surface area contributed by atoms with Crippen LogP contribution >= 0.6 is 11.6 Å². The number of rotatable bonds is 7. The number of ether oxygens (including phenoxy) is 1. The third-order valence-corrected chi connectivity index (χ3v) is 5.03. The second-order valence-electron chi connectivity index (χ2n) is 6.04. The Balaban J connectivity index is 3.14. The molecule has 3 atom stereocenters. The fourth-order valence-corrected chi connectivity index (χ4v) is 2.89. The number of halogens is 1. The number of carbonyl (C=O) groups excluding carboxylic acids is 1. The summed E-state index contributed by atoms with van der Waals surface area (Å²) in [4.78, 5) is 12.4. The van der Waals surface area contributed by atoms with Gasteiger partial charge in [-0.2, -0.15) is 0 Å². The molecule has 1 N–H and O–H groups in total. The van der Waals surface area contributed by atoms with Gasteiger partial charge in [-0.25, -0.2) is 8.93 Å². The molecule has 0 bridgehead atoms. The van der Waals surface area contributed by atoms with E-state index in [1.54, 1.807) is 25.1 Å². The maximum absolute atomic E-state index is 12.4. The topological polar surface area (TPSA) is 55.4 Å². The molecule has 23 heavy (non-hydrogen) atoms. The summed E-state index contributed by atoms with van der Waals surface area (Å²) >= 11 is 5.91. The highest BCUT2D eigenvalue weighted by Crippen LogP contribution is 2.25. The third-order valence-electron chi connectivity index (χ3n) is 3.20. The van der Waals surface area contributed by atoms with Crippen LogP contribution in [0.1, 0.15) is 39.2 Å². The molecule has 0 aliphatic rings. The monoisotopic (exact) mass is 357 g/mol. The highest BCUT2D eigenvalue weighted by Gasteiger charge is 2.33. The lowest BCUT2D eigenvalue weighted by Crippen LogP contribution is -2.47. The Morgan fingerprint density at radius 3 is 2.39 bits per heavy atom. The number of carbonyl (C=O) groups is 1. The summed E-state index contributed by atoms with van der Waals surface area (Å²) < 4.78 is 20.0. The Morgan fingerprint density at radius 1 is 1.39 bits per heavy atom. The van der Waals surface area contributed by atoms with Crippen LogP contribution < -0.4 is 4.72 Å². The molecule has 0 spiro atoms. The van der Waals surface area contributed by atoms with Gasteiger partial charge in [-0.3, -0.25) is 4.79 Å². The SMILES string of the molecule is C=C[C@H](c1ccc(Cl)cc1)[C@@H](NS(=O)C(C)(C)C)C(=O)OCC. The highest BCUT2D eigenvalue weighted by molar-refractivity contribution is 7.84. The van der Waals surface area contributed by atoms with Crippen LogP contribution in [0.5, 0.6) is 0 Å². The quantitative estimate of drug-likeness (QED) is 0.599. The zero-order chi connectivity index (χ0) is 17.6. The first-order valence-corrected chi connectivity index (χ1v) is 8.96. The number of hydrogen-bond acceptors (Lipinski definition) is 3. The van der Waals surface area contributed by atoms with E-state index < -0.39 is 27.7 Å². The average molecular weight is 358 g/mol. The molecule has 128 valence electrons. The van der Waals surface area contributed by atoms with Gasteiger partial charge in [-0.05, 0) is 45.4 Å². The van der Waals surface area contributed by atoms with E-state index in [4.69, 9.17) is 16.3 Å². The maximum atomic E-state index is 12.4. The molecule has 1 aromatic rings. The van der Waals surface area contributed by atoms with E-state index in [2.05, 4.69) is 11.3 Å². The average Bonchev–Trinajstić information content (AvgIpc) is 2.47. The molecule has 0 aliphatic carbocycles. The number of esters is 1. The molecule has 1 rings (SSSR count). The van der Waals surface area contributed by atoms with Crippen molar-refractivity contribution < 1.29 is 13.7 Å². The van der Waals surface area contributed by atoms with Crippen LogP contribution in [-0.4, -0.2) is 27.6 Å². The molecule has 0 amide bonds. The molecule has 0 saturated heterocycles. The largest absolute Gasteiger partial charge is 0.465 e. The molecule has 1 unspecified atom stereocenters. The Labute approximate surface area is 145 Å². The van der Waals surface area contributed by atoms with E-state index in [9.17, 15) is 9.00 Å². The molecule has 0 fully saturated rings. The first-order valence-electron chi connectivity index (χ1n) is 7.43. The van der Waals surface area contributed by atoms with Crippen molar-refractivity contribution in [3.63, 3.8) is 0 Å². The van der Waals surface area contributed by atoms with E-state index in [1.165, 1.54) is 0 Å². The van der Waals surface area contributed by atoms with Gasteiger partial charge in [-0.15, -0.1) is 6.58 Å². The van der Waals surface area contributed by atoms with Gasteiger partial charge in [0.15, 0.2) is 0 Å². The fourth-order valence-electron chi connectivity index (χ4n) is 1.94. The second kappa shape index (κ2) is 8.62. The summed E-state index contributed by atoms with van der Waals surface area (Å²) in [6.07, 6.45) is 1.65. The first kappa shape index (κ1) is 19.9. The summed E-state index contributed by atoms with van der Waals surface area (Å²) in [5.74, 6) is -0.831. The van der Waals surface area contributed by atoms with Crippen molar-refractivity contribution in [2.24, 2.45) is 0 Å². The first-order chi connectivity index (χ1) is 10.7. The van der Waals surface area contributed by atoms with Gasteiger partial charge in [-0.1, -0.05) is 29.8 Å². The zero-order valence-electron chi connectivity index (χ0n) is 14.0. The summed E-state index contributed by atoms with van der Waals surface area (Å²) in [5, 5.41) is 0.607. The minimum absolute atomic E-state index is 0.254. The second-order valence-corrected chi connectivity index (χ2v) is 8.48. The minimum Gasteiger partial charge on any atom is -0.465 e. The molecule has 1 aromatic carbocycles. The Bertz CT molecular complexity index is 566. The van der Waals surface area contributed by atoms with Gasteiger partial charge in [0, 0.05) is 10.9 Å². The molecular weight excluding hydrogens is 334 g/mol. The van der Waals surface area contributed by atoms with Crippen molar-refractivity contribution in [3.8, 4) is 0 Å². The maximum Gasteiger partial charge on any atom is 0.325 e. The van der Waals surface area contributed by atoms with Crippen LogP contribution in [0.4, 0.5) is 0 Å². The fraction of sp³-hybridized carbons (Fsp3) is 0.471. The van der Waals surface area contributed by atoms with Crippen molar-refractivity contribution in [3.05, 3.63) is 47.5 Å². The minimum atomic E-state index is -1.42. The number of nitrogens with one attached hydrogen (secondary N) is 1. The van der Waals surface area contributed by atoms with Crippen LogP contribution in [-0.2, 0) is 20.5 Å². The van der Waals surface area contributed by atoms with E-state index >= 15 is 0 Å². The molecule has 0 aliphatic heterocycles. The highest BCUT2D eigenvalue weighted by atomic mass is 35.5. The normalized spacial score (nSPS) is 15.5. The van der Waals surface area contributed by atoms with E-state index in [1.807, 2.05) is 32.9 Å². The van der Waals surface area contributed by atoms with Crippen LogP contribution in [0.3, 0.4) is 0 Å². The predicted octanol–water partition coefficient (Wildman–Crippen LogP) is 3.59. The Kier molecular flexibility index (Phi) is 7.45. The number of benzene rings is 1. The summed E-state index contributed by atoms with van der Waals surface area (Å²) in [7, 11) is -1.42. The van der Waals surface area contributed by atoms with Crippen molar-refractivity contribution >= 4 is 28.6 Å². The lowest BCUT2D eigenvalue weighted by Gasteiger charge is -2.27. The molecule has 0 saturated carbocycles. The van der Waals surface area contributed by atoms with Gasteiger partial charge in [0.1, 0.15) is 6.04 Å². The van der Waals surface area contributed by atoms with Gasteiger partial charge >= 0.3 is 5.97 Å². The molecular formula is C17H24ClNO3S. The van der Waals surface area contributed by atoms with E-state index in [0.717, 1.165) is 5.56 Å². The Hall–Kier alpha value is -1.17. The summed E-state index contributed by atoms with van der Waals surface area (Å²) in [5.41, 5.74) is 0.848. The molecule has 0 heterocycles. The van der Waals surface area contributed by atoms with Gasteiger partial charge in [0.25, 0.3) is 0 Å². The van der Waals surface area contributed by atoms with Gasteiger partial charge in [0.2, 0.25) is 0 Å². The van der Waals surface area contributed by atoms with Crippen molar-refractivity contribution in [2.45, 2.75) is 44.4 Å². The zero-order valence-corrected chi connectivity index (χ0v) is 15.5. The number of hydrogen-bond donors (Lipinski definition) is 1. The molecule has 6 heteroatoms. The lowest BCUT2D eigenvalue weighted by atomic mass is 9.92. The summed E-state index contributed by atoms with van der Waals surface area (Å²) in [6, 6.07) is 6.35. The predicted molar refractivity (Wildman–Crippen MR) is 95.8 cm³/mol.